The van der Waals surface area contributed by atoms with Crippen LogP contribution < -0.4 is 5.56 Å². The number of benzene rings is 1. The first-order chi connectivity index (χ1) is 11.8. The lowest BCUT2D eigenvalue weighted by Gasteiger charge is -2.35. The molecule has 4 nitrogen and oxygen atoms in total. The standard InChI is InChI=1S/C19H19N3OS/c23-19-13-3-1-2-4-15(13)20-17(21-19)11-22-9-7-16-14(8-10-24-16)18(22)12-5-6-12/h1-4,8,10,12,18H,5-7,9,11H2,(H,20,21,23)/t18-/m0/s1. The summed E-state index contributed by atoms with van der Waals surface area (Å²) in [4.78, 5) is 24.1. The summed E-state index contributed by atoms with van der Waals surface area (Å²) < 4.78 is 0. The van der Waals surface area contributed by atoms with Crippen molar-refractivity contribution in [3.63, 3.8) is 0 Å². The maximum absolute atomic E-state index is 12.3. The van der Waals surface area contributed by atoms with Gasteiger partial charge in [0.05, 0.1) is 17.4 Å². The number of fused-ring (bicyclic) bond motifs is 2. The molecule has 2 aliphatic rings. The van der Waals surface area contributed by atoms with E-state index in [1.807, 2.05) is 35.6 Å². The van der Waals surface area contributed by atoms with Gasteiger partial charge in [-0.3, -0.25) is 9.69 Å². The highest BCUT2D eigenvalue weighted by atomic mass is 32.1. The maximum atomic E-state index is 12.3. The fraction of sp³-hybridized carbons (Fsp3) is 0.368. The lowest BCUT2D eigenvalue weighted by Crippen LogP contribution is -2.36. The van der Waals surface area contributed by atoms with Crippen LogP contribution in [0.3, 0.4) is 0 Å². The van der Waals surface area contributed by atoms with Gasteiger partial charge in [0.2, 0.25) is 0 Å². The van der Waals surface area contributed by atoms with Crippen LogP contribution in [0, 0.1) is 5.92 Å². The van der Waals surface area contributed by atoms with Gasteiger partial charge < -0.3 is 4.98 Å². The van der Waals surface area contributed by atoms with E-state index in [0.717, 1.165) is 36.8 Å². The number of nitrogens with one attached hydrogen (secondary N) is 1. The Morgan fingerprint density at radius 2 is 2.12 bits per heavy atom. The quantitative estimate of drug-likeness (QED) is 0.796. The molecule has 1 saturated carbocycles. The minimum Gasteiger partial charge on any atom is -0.309 e. The molecule has 1 atom stereocenters. The molecule has 24 heavy (non-hydrogen) atoms. The van der Waals surface area contributed by atoms with Crippen LogP contribution in [-0.4, -0.2) is 21.4 Å². The third kappa shape index (κ3) is 2.39. The van der Waals surface area contributed by atoms with Crippen LogP contribution in [0.25, 0.3) is 10.9 Å². The molecule has 2 aromatic heterocycles. The van der Waals surface area contributed by atoms with Crippen LogP contribution in [-0.2, 0) is 13.0 Å². The number of hydrogen-bond acceptors (Lipinski definition) is 4. The molecule has 0 bridgehead atoms. The Labute approximate surface area is 144 Å². The molecule has 3 heterocycles. The molecule has 5 rings (SSSR count). The summed E-state index contributed by atoms with van der Waals surface area (Å²) >= 11 is 1.89. The van der Waals surface area contributed by atoms with Gasteiger partial charge in [-0.2, -0.15) is 0 Å². The zero-order valence-corrected chi connectivity index (χ0v) is 14.2. The summed E-state index contributed by atoms with van der Waals surface area (Å²) in [6, 6.07) is 10.4. The van der Waals surface area contributed by atoms with Crippen molar-refractivity contribution in [2.75, 3.05) is 6.54 Å². The maximum Gasteiger partial charge on any atom is 0.258 e. The second-order valence-electron chi connectivity index (χ2n) is 6.83. The molecule has 5 heteroatoms. The van der Waals surface area contributed by atoms with Crippen LogP contribution in [0.2, 0.25) is 0 Å². The monoisotopic (exact) mass is 337 g/mol. The third-order valence-corrected chi connectivity index (χ3v) is 6.20. The fourth-order valence-corrected chi connectivity index (χ4v) is 4.85. The van der Waals surface area contributed by atoms with Crippen LogP contribution >= 0.6 is 11.3 Å². The van der Waals surface area contributed by atoms with E-state index in [1.54, 1.807) is 4.88 Å². The predicted molar refractivity (Wildman–Crippen MR) is 96.3 cm³/mol. The number of nitrogens with zero attached hydrogens (tertiary/aromatic N) is 2. The van der Waals surface area contributed by atoms with Crippen molar-refractivity contribution in [1.29, 1.82) is 0 Å². The molecule has 122 valence electrons. The molecular formula is C19H19N3OS. The summed E-state index contributed by atoms with van der Waals surface area (Å²) in [5.41, 5.74) is 2.26. The minimum atomic E-state index is -0.0354. The molecule has 0 amide bonds. The van der Waals surface area contributed by atoms with Crippen molar-refractivity contribution < 1.29 is 0 Å². The molecule has 1 fully saturated rings. The zero-order valence-electron chi connectivity index (χ0n) is 13.4. The smallest absolute Gasteiger partial charge is 0.258 e. The van der Waals surface area contributed by atoms with Gasteiger partial charge in [0.15, 0.2) is 0 Å². The molecule has 1 aromatic carbocycles. The Kier molecular flexibility index (Phi) is 3.31. The number of hydrogen-bond donors (Lipinski definition) is 1. The second-order valence-corrected chi connectivity index (χ2v) is 7.83. The van der Waals surface area contributed by atoms with Crippen LogP contribution in [0.1, 0.15) is 35.1 Å². The number of aromatic amines is 1. The molecule has 0 spiro atoms. The van der Waals surface area contributed by atoms with Crippen molar-refractivity contribution >= 4 is 22.2 Å². The topological polar surface area (TPSA) is 49.0 Å². The molecule has 1 N–H and O–H groups in total. The number of aromatic nitrogens is 2. The number of para-hydroxylation sites is 1. The Morgan fingerprint density at radius 3 is 3.00 bits per heavy atom. The molecular weight excluding hydrogens is 318 g/mol. The van der Waals surface area contributed by atoms with Crippen LogP contribution in [0.15, 0.2) is 40.5 Å². The van der Waals surface area contributed by atoms with Crippen LogP contribution in [0.4, 0.5) is 0 Å². The van der Waals surface area contributed by atoms with E-state index >= 15 is 0 Å². The second kappa shape index (κ2) is 5.53. The van der Waals surface area contributed by atoms with Crippen molar-refractivity contribution in [3.05, 3.63) is 62.3 Å². The summed E-state index contributed by atoms with van der Waals surface area (Å²) in [6.45, 7) is 1.77. The van der Waals surface area contributed by atoms with Crippen LogP contribution in [0.5, 0.6) is 0 Å². The van der Waals surface area contributed by atoms with Gasteiger partial charge in [0.25, 0.3) is 5.56 Å². The van der Waals surface area contributed by atoms with Gasteiger partial charge in [-0.25, -0.2) is 4.98 Å². The highest BCUT2D eigenvalue weighted by molar-refractivity contribution is 7.10. The SMILES string of the molecule is O=c1[nH]c(CN2CCc3sccc3[C@@H]2C2CC2)nc2ccccc12. The Hall–Kier alpha value is -1.98. The predicted octanol–water partition coefficient (Wildman–Crippen LogP) is 3.49. The highest BCUT2D eigenvalue weighted by Crippen LogP contribution is 2.48. The highest BCUT2D eigenvalue weighted by Gasteiger charge is 2.40. The van der Waals surface area contributed by atoms with E-state index in [9.17, 15) is 4.79 Å². The number of H-pyrrole nitrogens is 1. The Bertz CT molecular complexity index is 956. The molecule has 0 saturated heterocycles. The largest absolute Gasteiger partial charge is 0.309 e. The first-order valence-corrected chi connectivity index (χ1v) is 9.46. The third-order valence-electron chi connectivity index (χ3n) is 5.20. The van der Waals surface area contributed by atoms with Gasteiger partial charge in [0, 0.05) is 17.5 Å². The van der Waals surface area contributed by atoms with Gasteiger partial charge >= 0.3 is 0 Å². The van der Waals surface area contributed by atoms with Crippen molar-refractivity contribution in [1.82, 2.24) is 14.9 Å². The molecule has 1 aliphatic carbocycles. The van der Waals surface area contributed by atoms with E-state index in [-0.39, 0.29) is 5.56 Å². The van der Waals surface area contributed by atoms with E-state index in [4.69, 9.17) is 4.98 Å². The molecule has 1 aliphatic heterocycles. The van der Waals surface area contributed by atoms with Crippen molar-refractivity contribution in [3.8, 4) is 0 Å². The normalized spacial score (nSPS) is 21.1. The summed E-state index contributed by atoms with van der Waals surface area (Å²) in [5.74, 6) is 1.55. The number of thiophene rings is 1. The molecule has 3 aromatic rings. The van der Waals surface area contributed by atoms with E-state index in [1.165, 1.54) is 18.4 Å². The van der Waals surface area contributed by atoms with E-state index < -0.39 is 0 Å². The lowest BCUT2D eigenvalue weighted by atomic mass is 9.96. The minimum absolute atomic E-state index is 0.0354. The molecule has 0 unspecified atom stereocenters. The van der Waals surface area contributed by atoms with Crippen molar-refractivity contribution in [2.45, 2.75) is 31.8 Å². The number of rotatable bonds is 3. The Morgan fingerprint density at radius 1 is 1.25 bits per heavy atom. The van der Waals surface area contributed by atoms with E-state index in [2.05, 4.69) is 21.3 Å². The summed E-state index contributed by atoms with van der Waals surface area (Å²) in [7, 11) is 0. The lowest BCUT2D eigenvalue weighted by molar-refractivity contribution is 0.154. The van der Waals surface area contributed by atoms with Gasteiger partial charge in [-0.1, -0.05) is 12.1 Å². The average Bonchev–Trinajstić information content (AvgIpc) is 3.31. The molecule has 0 radical (unpaired) electrons. The summed E-state index contributed by atoms with van der Waals surface area (Å²) in [6.07, 6.45) is 3.74. The van der Waals surface area contributed by atoms with Gasteiger partial charge in [-0.05, 0) is 54.3 Å². The first kappa shape index (κ1) is 14.4. The zero-order chi connectivity index (χ0) is 16.1. The fourth-order valence-electron chi connectivity index (χ4n) is 3.94. The van der Waals surface area contributed by atoms with Gasteiger partial charge in [-0.15, -0.1) is 11.3 Å². The first-order valence-electron chi connectivity index (χ1n) is 8.58. The van der Waals surface area contributed by atoms with Crippen molar-refractivity contribution in [2.24, 2.45) is 5.92 Å². The Balaban J connectivity index is 1.50. The summed E-state index contributed by atoms with van der Waals surface area (Å²) in [5, 5.41) is 2.89. The average molecular weight is 337 g/mol. The van der Waals surface area contributed by atoms with E-state index in [0.29, 0.717) is 11.4 Å². The van der Waals surface area contributed by atoms with Gasteiger partial charge in [0.1, 0.15) is 5.82 Å².